The van der Waals surface area contributed by atoms with Crippen LogP contribution in [-0.4, -0.2) is 26.0 Å². The van der Waals surface area contributed by atoms with E-state index in [2.05, 4.69) is 12.1 Å². The summed E-state index contributed by atoms with van der Waals surface area (Å²) in [5.41, 5.74) is 6.42. The van der Waals surface area contributed by atoms with Gasteiger partial charge in [-0.2, -0.15) is 0 Å². The van der Waals surface area contributed by atoms with E-state index in [1.807, 2.05) is 24.3 Å². The zero-order chi connectivity index (χ0) is 10.7. The van der Waals surface area contributed by atoms with Crippen molar-refractivity contribution in [2.45, 2.75) is 0 Å². The van der Waals surface area contributed by atoms with Gasteiger partial charge in [-0.1, -0.05) is 0 Å². The topological polar surface area (TPSA) is 46.2 Å². The summed E-state index contributed by atoms with van der Waals surface area (Å²) in [5, 5.41) is 9.16. The van der Waals surface area contributed by atoms with Gasteiger partial charge in [0, 0.05) is 0 Å². The van der Waals surface area contributed by atoms with Crippen molar-refractivity contribution in [2.75, 3.05) is 5.73 Å². The fourth-order valence-electron chi connectivity index (χ4n) is 1.19. The fraction of sp³-hybridized carbons (Fsp3) is 0. The third-order valence-electron chi connectivity index (χ3n) is 1.95. The van der Waals surface area contributed by atoms with Crippen molar-refractivity contribution in [1.29, 1.82) is 0 Å². The number of hydrogen-bond acceptors (Lipinski definition) is 2. The van der Waals surface area contributed by atoms with E-state index in [-0.39, 0.29) is 20.9 Å². The van der Waals surface area contributed by atoms with Crippen LogP contribution in [0.3, 0.4) is 0 Å². The second kappa shape index (κ2) is 4.57. The first-order valence-corrected chi connectivity index (χ1v) is 6.89. The predicted molar refractivity (Wildman–Crippen MR) is 64.0 cm³/mol. The van der Waals surface area contributed by atoms with Crippen molar-refractivity contribution in [3.8, 4) is 5.75 Å². The molecular weight excluding hydrogens is 302 g/mol. The van der Waals surface area contributed by atoms with E-state index in [4.69, 9.17) is 10.8 Å². The van der Waals surface area contributed by atoms with Gasteiger partial charge >= 0.3 is 99.0 Å². The molecule has 3 N–H and O–H groups in total. The molecule has 2 rings (SSSR count). The summed E-state index contributed by atoms with van der Waals surface area (Å²) in [6.45, 7) is 0. The summed E-state index contributed by atoms with van der Waals surface area (Å²) < 4.78 is 2.66. The SMILES string of the molecule is Nc1ccc([Te]c2ccc(O)cc2)cc1. The molecule has 3 heteroatoms. The van der Waals surface area contributed by atoms with Gasteiger partial charge in [-0.3, -0.25) is 0 Å². The number of benzene rings is 2. The molecule has 0 bridgehead atoms. The molecule has 0 amide bonds. The van der Waals surface area contributed by atoms with Crippen LogP contribution in [0.1, 0.15) is 0 Å². The maximum atomic E-state index is 9.16. The van der Waals surface area contributed by atoms with Crippen molar-refractivity contribution in [2.24, 2.45) is 0 Å². The van der Waals surface area contributed by atoms with Gasteiger partial charge in [-0.15, -0.1) is 0 Å². The number of phenolic OH excluding ortho intramolecular Hbond substituents is 1. The van der Waals surface area contributed by atoms with Crippen LogP contribution >= 0.6 is 0 Å². The Labute approximate surface area is 98.8 Å². The van der Waals surface area contributed by atoms with Crippen LogP contribution in [0.4, 0.5) is 5.69 Å². The molecule has 0 atom stereocenters. The molecule has 0 spiro atoms. The molecule has 0 aliphatic rings. The average Bonchev–Trinajstić information content (AvgIpc) is 2.25. The van der Waals surface area contributed by atoms with Gasteiger partial charge in [0.25, 0.3) is 0 Å². The van der Waals surface area contributed by atoms with Crippen molar-refractivity contribution in [3.63, 3.8) is 0 Å². The summed E-state index contributed by atoms with van der Waals surface area (Å²) in [4.78, 5) is 0. The van der Waals surface area contributed by atoms with Crippen LogP contribution in [0, 0.1) is 0 Å². The first-order valence-electron chi connectivity index (χ1n) is 4.56. The molecular formula is C12H11NOTe. The number of anilines is 1. The zero-order valence-electron chi connectivity index (χ0n) is 8.05. The van der Waals surface area contributed by atoms with E-state index in [9.17, 15) is 0 Å². The fourth-order valence-corrected chi connectivity index (χ4v) is 3.52. The molecule has 15 heavy (non-hydrogen) atoms. The van der Waals surface area contributed by atoms with Gasteiger partial charge in [-0.05, 0) is 0 Å². The van der Waals surface area contributed by atoms with Gasteiger partial charge in [0.1, 0.15) is 0 Å². The summed E-state index contributed by atoms with van der Waals surface area (Å²) in [6, 6.07) is 15.4. The quantitative estimate of drug-likeness (QED) is 0.631. The van der Waals surface area contributed by atoms with Crippen molar-refractivity contribution in [1.82, 2.24) is 0 Å². The van der Waals surface area contributed by atoms with E-state index in [1.165, 1.54) is 7.22 Å². The van der Waals surface area contributed by atoms with Crippen molar-refractivity contribution >= 4 is 33.8 Å². The van der Waals surface area contributed by atoms with Crippen LogP contribution in [-0.2, 0) is 0 Å². The first-order chi connectivity index (χ1) is 7.24. The number of aromatic hydroxyl groups is 1. The van der Waals surface area contributed by atoms with Gasteiger partial charge in [-0.25, -0.2) is 0 Å². The Balaban J connectivity index is 2.15. The molecule has 2 nitrogen and oxygen atoms in total. The van der Waals surface area contributed by atoms with Crippen molar-refractivity contribution in [3.05, 3.63) is 48.5 Å². The van der Waals surface area contributed by atoms with Crippen LogP contribution in [0.15, 0.2) is 48.5 Å². The molecule has 2 aromatic rings. The third kappa shape index (κ3) is 2.89. The Morgan fingerprint density at radius 2 is 1.27 bits per heavy atom. The first kappa shape index (κ1) is 10.4. The second-order valence-electron chi connectivity index (χ2n) is 3.16. The Hall–Kier alpha value is -1.17. The predicted octanol–water partition coefficient (Wildman–Crippen LogP) is 0.629. The molecule has 0 fully saturated rings. The molecule has 0 aromatic heterocycles. The van der Waals surface area contributed by atoms with E-state index in [0.29, 0.717) is 5.75 Å². The number of nitrogens with two attached hydrogens (primary N) is 1. The minimum absolute atomic E-state index is 0.323. The molecule has 2 aromatic carbocycles. The summed E-state index contributed by atoms with van der Waals surface area (Å²) in [7, 11) is 0. The number of phenols is 1. The molecule has 0 aliphatic carbocycles. The number of rotatable bonds is 2. The maximum absolute atomic E-state index is 9.16. The van der Waals surface area contributed by atoms with Crippen LogP contribution in [0.5, 0.6) is 5.75 Å². The molecule has 0 unspecified atom stereocenters. The number of nitrogen functional groups attached to an aromatic ring is 1. The van der Waals surface area contributed by atoms with E-state index in [0.717, 1.165) is 5.69 Å². The summed E-state index contributed by atoms with van der Waals surface area (Å²) >= 11 is -0.350. The Kier molecular flexibility index (Phi) is 3.15. The molecule has 76 valence electrons. The molecule has 0 saturated carbocycles. The van der Waals surface area contributed by atoms with Crippen LogP contribution in [0.2, 0.25) is 0 Å². The molecule has 0 heterocycles. The monoisotopic (exact) mass is 315 g/mol. The zero-order valence-corrected chi connectivity index (χ0v) is 10.4. The number of hydrogen-bond donors (Lipinski definition) is 2. The van der Waals surface area contributed by atoms with Gasteiger partial charge in [0.2, 0.25) is 0 Å². The standard InChI is InChI=1S/C12H11NOTe/c13-9-1-5-11(6-2-9)15-12-7-3-10(14)4-8-12/h1-8,14H,13H2. The minimum atomic E-state index is -0.350. The van der Waals surface area contributed by atoms with Crippen molar-refractivity contribution < 1.29 is 5.11 Å². The Bertz CT molecular complexity index is 393. The van der Waals surface area contributed by atoms with Crippen LogP contribution < -0.4 is 13.0 Å². The van der Waals surface area contributed by atoms with Crippen LogP contribution in [0.25, 0.3) is 0 Å². The molecule has 0 radical (unpaired) electrons. The average molecular weight is 313 g/mol. The summed E-state index contributed by atoms with van der Waals surface area (Å²) in [5.74, 6) is 0.323. The third-order valence-corrected chi connectivity index (χ3v) is 4.85. The second-order valence-corrected chi connectivity index (χ2v) is 6.44. The van der Waals surface area contributed by atoms with Gasteiger partial charge in [0.05, 0.1) is 0 Å². The Morgan fingerprint density at radius 1 is 0.800 bits per heavy atom. The molecule has 0 aliphatic heterocycles. The normalized spacial score (nSPS) is 10.1. The van der Waals surface area contributed by atoms with E-state index >= 15 is 0 Å². The Morgan fingerprint density at radius 3 is 1.80 bits per heavy atom. The van der Waals surface area contributed by atoms with Gasteiger partial charge in [0.15, 0.2) is 0 Å². The van der Waals surface area contributed by atoms with E-state index < -0.39 is 0 Å². The van der Waals surface area contributed by atoms with Gasteiger partial charge < -0.3 is 0 Å². The summed E-state index contributed by atoms with van der Waals surface area (Å²) in [6.07, 6.45) is 0. The van der Waals surface area contributed by atoms with E-state index in [1.54, 1.807) is 12.1 Å². The molecule has 0 saturated heterocycles.